The lowest BCUT2D eigenvalue weighted by Gasteiger charge is -2.35. The molecule has 0 saturated heterocycles. The highest BCUT2D eigenvalue weighted by Gasteiger charge is 2.55. The largest absolute Gasteiger partial charge is 0.469 e. The average Bonchev–Trinajstić information content (AvgIpc) is 2.68. The van der Waals surface area contributed by atoms with E-state index in [1.54, 1.807) is 6.92 Å². The molecule has 1 fully saturated rings. The number of ether oxygens (including phenoxy) is 3. The fourth-order valence-corrected chi connectivity index (χ4v) is 3.50. The van der Waals surface area contributed by atoms with E-state index >= 15 is 0 Å². The molecule has 25 heavy (non-hydrogen) atoms. The van der Waals surface area contributed by atoms with Gasteiger partial charge in [0.15, 0.2) is 5.78 Å². The van der Waals surface area contributed by atoms with E-state index in [9.17, 15) is 19.2 Å². The van der Waals surface area contributed by atoms with Gasteiger partial charge in [-0.25, -0.2) is 0 Å². The van der Waals surface area contributed by atoms with Crippen molar-refractivity contribution < 1.29 is 33.4 Å². The van der Waals surface area contributed by atoms with Crippen LogP contribution in [0.5, 0.6) is 0 Å². The van der Waals surface area contributed by atoms with Gasteiger partial charge >= 0.3 is 17.9 Å². The van der Waals surface area contributed by atoms with Crippen molar-refractivity contribution in [2.75, 3.05) is 20.8 Å². The predicted octanol–water partition coefficient (Wildman–Crippen LogP) is 2.20. The zero-order valence-corrected chi connectivity index (χ0v) is 15.3. The Hall–Kier alpha value is -1.92. The van der Waals surface area contributed by atoms with Gasteiger partial charge in [-0.05, 0) is 26.2 Å². The second-order valence-electron chi connectivity index (χ2n) is 6.22. The summed E-state index contributed by atoms with van der Waals surface area (Å²) in [7, 11) is 2.41. The van der Waals surface area contributed by atoms with Crippen LogP contribution in [0.15, 0.2) is 0 Å². The van der Waals surface area contributed by atoms with Gasteiger partial charge in [0.25, 0.3) is 0 Å². The number of hydrogen-bond acceptors (Lipinski definition) is 7. The minimum atomic E-state index is -1.70. The second-order valence-corrected chi connectivity index (χ2v) is 6.22. The molecule has 0 N–H and O–H groups in total. The minimum Gasteiger partial charge on any atom is -0.469 e. The van der Waals surface area contributed by atoms with Crippen molar-refractivity contribution in [1.29, 1.82) is 0 Å². The van der Waals surface area contributed by atoms with Crippen molar-refractivity contribution in [3.63, 3.8) is 0 Å². The molecular weight excluding hydrogens is 328 g/mol. The Kier molecular flexibility index (Phi) is 8.58. The van der Waals surface area contributed by atoms with Crippen LogP contribution in [-0.4, -0.2) is 44.5 Å². The molecule has 0 bridgehead atoms. The smallest absolute Gasteiger partial charge is 0.320 e. The molecule has 1 aliphatic rings. The molecule has 0 spiro atoms. The van der Waals surface area contributed by atoms with Crippen molar-refractivity contribution in [1.82, 2.24) is 0 Å². The van der Waals surface area contributed by atoms with Crippen molar-refractivity contribution in [2.24, 2.45) is 11.3 Å². The van der Waals surface area contributed by atoms with E-state index in [2.05, 4.69) is 0 Å². The molecule has 0 radical (unpaired) electrons. The van der Waals surface area contributed by atoms with Crippen LogP contribution in [0.25, 0.3) is 0 Å². The summed E-state index contributed by atoms with van der Waals surface area (Å²) < 4.78 is 14.7. The van der Waals surface area contributed by atoms with Crippen LogP contribution in [0.4, 0.5) is 0 Å². The summed E-state index contributed by atoms with van der Waals surface area (Å²) in [5.74, 6) is -3.23. The summed E-state index contributed by atoms with van der Waals surface area (Å²) in [6.45, 7) is 1.88. The van der Waals surface area contributed by atoms with Crippen molar-refractivity contribution >= 4 is 23.7 Å². The Morgan fingerprint density at radius 3 is 2.36 bits per heavy atom. The third-order valence-electron chi connectivity index (χ3n) is 4.80. The number of ketones is 1. The number of methoxy groups -OCH3 is 2. The van der Waals surface area contributed by atoms with Gasteiger partial charge in [-0.1, -0.05) is 19.3 Å². The van der Waals surface area contributed by atoms with Crippen LogP contribution in [0, 0.1) is 11.3 Å². The molecule has 0 unspecified atom stereocenters. The van der Waals surface area contributed by atoms with Crippen LogP contribution < -0.4 is 0 Å². The Bertz CT molecular complexity index is 500. The van der Waals surface area contributed by atoms with E-state index in [0.29, 0.717) is 19.3 Å². The predicted molar refractivity (Wildman–Crippen MR) is 88.5 cm³/mol. The number of carbonyl (C=O) groups excluding carboxylic acids is 4. The first kappa shape index (κ1) is 21.1. The highest BCUT2D eigenvalue weighted by atomic mass is 16.5. The van der Waals surface area contributed by atoms with E-state index in [0.717, 1.165) is 12.8 Å². The van der Waals surface area contributed by atoms with Gasteiger partial charge in [0.05, 0.1) is 26.7 Å². The highest BCUT2D eigenvalue weighted by molar-refractivity contribution is 6.07. The fraction of sp³-hybridized carbons (Fsp3) is 0.778. The first-order valence-corrected chi connectivity index (χ1v) is 8.79. The second kappa shape index (κ2) is 10.2. The van der Waals surface area contributed by atoms with Gasteiger partial charge in [0, 0.05) is 12.8 Å². The Morgan fingerprint density at radius 1 is 1.08 bits per heavy atom. The molecule has 1 rings (SSSR count). The van der Waals surface area contributed by atoms with Crippen molar-refractivity contribution in [3.05, 3.63) is 0 Å². The van der Waals surface area contributed by atoms with E-state index in [1.165, 1.54) is 14.2 Å². The first-order chi connectivity index (χ1) is 11.9. The molecule has 2 atom stereocenters. The Balaban J connectivity index is 3.31. The zero-order valence-electron chi connectivity index (χ0n) is 15.3. The lowest BCUT2D eigenvalue weighted by Crippen LogP contribution is -2.50. The van der Waals surface area contributed by atoms with E-state index in [4.69, 9.17) is 14.2 Å². The van der Waals surface area contributed by atoms with Crippen LogP contribution in [0.3, 0.4) is 0 Å². The van der Waals surface area contributed by atoms with Crippen LogP contribution in [0.2, 0.25) is 0 Å². The Morgan fingerprint density at radius 2 is 1.76 bits per heavy atom. The molecule has 0 amide bonds. The molecule has 142 valence electrons. The van der Waals surface area contributed by atoms with Gasteiger partial charge in [0.2, 0.25) is 0 Å². The van der Waals surface area contributed by atoms with Crippen molar-refractivity contribution in [3.8, 4) is 0 Å². The summed E-state index contributed by atoms with van der Waals surface area (Å²) in [5.41, 5.74) is -1.70. The molecule has 0 aromatic heterocycles. The molecule has 0 aromatic rings. The standard InChI is InChI=1S/C18H28O7/c1-4-25-15(20)11-12-18(17(22)24-3)13(16(21)23-2)9-7-5-6-8-10-14(18)19/h13H,4-12H2,1-3H3/t13-,18+/m0/s1. The summed E-state index contributed by atoms with van der Waals surface area (Å²) in [6, 6.07) is 0. The fourth-order valence-electron chi connectivity index (χ4n) is 3.50. The molecule has 1 aliphatic carbocycles. The lowest BCUT2D eigenvalue weighted by atomic mass is 9.66. The number of carbonyl (C=O) groups is 4. The molecule has 1 saturated carbocycles. The molecular formula is C18H28O7. The third-order valence-corrected chi connectivity index (χ3v) is 4.80. The maximum Gasteiger partial charge on any atom is 0.320 e. The maximum atomic E-state index is 13.0. The molecule has 0 aromatic carbocycles. The summed E-state index contributed by atoms with van der Waals surface area (Å²) >= 11 is 0. The molecule has 7 nitrogen and oxygen atoms in total. The van der Waals surface area contributed by atoms with Gasteiger partial charge in [-0.2, -0.15) is 0 Å². The van der Waals surface area contributed by atoms with Crippen LogP contribution in [-0.2, 0) is 33.4 Å². The first-order valence-electron chi connectivity index (χ1n) is 8.79. The van der Waals surface area contributed by atoms with Gasteiger partial charge in [-0.15, -0.1) is 0 Å². The summed E-state index contributed by atoms with van der Waals surface area (Å²) in [6.07, 6.45) is 3.34. The monoisotopic (exact) mass is 356 g/mol. The Labute approximate surface area is 148 Å². The topological polar surface area (TPSA) is 96.0 Å². The number of hydrogen-bond donors (Lipinski definition) is 0. The summed E-state index contributed by atoms with van der Waals surface area (Å²) in [4.78, 5) is 49.9. The number of esters is 3. The summed E-state index contributed by atoms with van der Waals surface area (Å²) in [5, 5.41) is 0. The third kappa shape index (κ3) is 5.03. The average molecular weight is 356 g/mol. The van der Waals surface area contributed by atoms with Crippen LogP contribution in [0.1, 0.15) is 58.3 Å². The van der Waals surface area contributed by atoms with Gasteiger partial charge in [-0.3, -0.25) is 19.2 Å². The molecule has 0 aliphatic heterocycles. The van der Waals surface area contributed by atoms with E-state index in [-0.39, 0.29) is 31.7 Å². The highest BCUT2D eigenvalue weighted by Crippen LogP contribution is 2.42. The zero-order chi connectivity index (χ0) is 18.9. The molecule has 7 heteroatoms. The normalized spacial score (nSPS) is 24.4. The van der Waals surface area contributed by atoms with Gasteiger partial charge in [0.1, 0.15) is 5.41 Å². The quantitative estimate of drug-likeness (QED) is 0.409. The van der Waals surface area contributed by atoms with E-state index in [1.807, 2.05) is 0 Å². The molecule has 0 heterocycles. The SMILES string of the molecule is CCOC(=O)CC[C@]1(C(=O)OC)C(=O)CCCCCC[C@H]1C(=O)OC. The van der Waals surface area contributed by atoms with E-state index < -0.39 is 29.2 Å². The minimum absolute atomic E-state index is 0.114. The number of Topliss-reactive ketones (excluding diaryl/α,β-unsaturated/α-hetero) is 1. The maximum absolute atomic E-state index is 13.0. The van der Waals surface area contributed by atoms with Crippen LogP contribution >= 0.6 is 0 Å². The lowest BCUT2D eigenvalue weighted by molar-refractivity contribution is -0.173. The van der Waals surface area contributed by atoms with Crippen molar-refractivity contribution in [2.45, 2.75) is 58.3 Å². The number of rotatable bonds is 6. The van der Waals surface area contributed by atoms with Gasteiger partial charge < -0.3 is 14.2 Å².